The number of aliphatic hydroxyl groups is 1. The van der Waals surface area contributed by atoms with Crippen molar-refractivity contribution in [3.8, 4) is 5.75 Å². The summed E-state index contributed by atoms with van der Waals surface area (Å²) in [5.74, 6) is -0.808. The Hall–Kier alpha value is -3.38. The highest BCUT2D eigenvalue weighted by atomic mass is 32.1. The Morgan fingerprint density at radius 2 is 1.84 bits per heavy atom. The Morgan fingerprint density at radius 1 is 1.10 bits per heavy atom. The second-order valence-corrected chi connectivity index (χ2v) is 8.41. The molecule has 1 unspecified atom stereocenters. The molecule has 0 saturated carbocycles. The molecule has 158 valence electrons. The molecule has 6 heteroatoms. The number of hydrogen-bond donors (Lipinski definition) is 1. The third kappa shape index (κ3) is 3.75. The number of carbonyl (C=O) groups is 2. The van der Waals surface area contributed by atoms with Crippen LogP contribution in [0.1, 0.15) is 34.5 Å². The number of ketones is 1. The van der Waals surface area contributed by atoms with Gasteiger partial charge in [0.15, 0.2) is 0 Å². The number of anilines is 1. The molecule has 1 amide bonds. The van der Waals surface area contributed by atoms with E-state index < -0.39 is 17.7 Å². The standard InChI is InChI=1S/C25H23NO4S/c1-4-30-18-11-9-17(10-12-18)26-22(20-6-5-13-31-20)21(24(28)25(26)29)23(27)19-14-15(2)7-8-16(19)3/h5-14,22,27H,4H2,1-3H3/b23-21-. The summed E-state index contributed by atoms with van der Waals surface area (Å²) in [4.78, 5) is 28.5. The van der Waals surface area contributed by atoms with Crippen molar-refractivity contribution in [2.24, 2.45) is 0 Å². The second kappa shape index (κ2) is 8.40. The van der Waals surface area contributed by atoms with Gasteiger partial charge in [0.2, 0.25) is 0 Å². The summed E-state index contributed by atoms with van der Waals surface area (Å²) in [5, 5.41) is 13.1. The van der Waals surface area contributed by atoms with Crippen LogP contribution < -0.4 is 9.64 Å². The Balaban J connectivity index is 1.89. The van der Waals surface area contributed by atoms with Crippen molar-refractivity contribution in [3.63, 3.8) is 0 Å². The van der Waals surface area contributed by atoms with Gasteiger partial charge in [-0.25, -0.2) is 0 Å². The van der Waals surface area contributed by atoms with E-state index in [1.165, 1.54) is 16.2 Å². The number of hydrogen-bond acceptors (Lipinski definition) is 5. The zero-order valence-electron chi connectivity index (χ0n) is 17.6. The summed E-state index contributed by atoms with van der Waals surface area (Å²) in [7, 11) is 0. The summed E-state index contributed by atoms with van der Waals surface area (Å²) in [5.41, 5.74) is 3.03. The molecule has 1 N–H and O–H groups in total. The van der Waals surface area contributed by atoms with Crippen molar-refractivity contribution in [1.82, 2.24) is 0 Å². The number of rotatable bonds is 5. The van der Waals surface area contributed by atoms with Crippen LogP contribution in [0.3, 0.4) is 0 Å². The van der Waals surface area contributed by atoms with E-state index >= 15 is 0 Å². The van der Waals surface area contributed by atoms with E-state index in [1.807, 2.05) is 56.5 Å². The Morgan fingerprint density at radius 3 is 2.48 bits per heavy atom. The van der Waals surface area contributed by atoms with Crippen LogP contribution in [0.2, 0.25) is 0 Å². The largest absolute Gasteiger partial charge is 0.507 e. The molecule has 1 aliphatic heterocycles. The van der Waals surface area contributed by atoms with E-state index in [0.29, 0.717) is 23.6 Å². The van der Waals surface area contributed by atoms with Crippen molar-refractivity contribution in [1.29, 1.82) is 0 Å². The van der Waals surface area contributed by atoms with Gasteiger partial charge < -0.3 is 9.84 Å². The minimum atomic E-state index is -0.696. The highest BCUT2D eigenvalue weighted by Crippen LogP contribution is 2.44. The molecular weight excluding hydrogens is 410 g/mol. The van der Waals surface area contributed by atoms with E-state index in [2.05, 4.69) is 0 Å². The van der Waals surface area contributed by atoms with Gasteiger partial charge in [-0.3, -0.25) is 14.5 Å². The molecule has 0 radical (unpaired) electrons. The predicted octanol–water partition coefficient (Wildman–Crippen LogP) is 5.39. The second-order valence-electron chi connectivity index (χ2n) is 7.43. The van der Waals surface area contributed by atoms with E-state index in [-0.39, 0.29) is 11.3 Å². The van der Waals surface area contributed by atoms with Crippen LogP contribution in [-0.4, -0.2) is 23.4 Å². The van der Waals surface area contributed by atoms with Gasteiger partial charge in [0.1, 0.15) is 17.6 Å². The minimum absolute atomic E-state index is 0.107. The number of nitrogens with zero attached hydrogens (tertiary/aromatic N) is 1. The van der Waals surface area contributed by atoms with Gasteiger partial charge in [-0.1, -0.05) is 23.8 Å². The summed E-state index contributed by atoms with van der Waals surface area (Å²) in [6.07, 6.45) is 0. The van der Waals surface area contributed by atoms with Crippen LogP contribution >= 0.6 is 11.3 Å². The Bertz CT molecular complexity index is 1160. The first-order chi connectivity index (χ1) is 14.9. The average molecular weight is 434 g/mol. The van der Waals surface area contributed by atoms with Gasteiger partial charge in [0.25, 0.3) is 11.7 Å². The van der Waals surface area contributed by atoms with Crippen LogP contribution in [0.15, 0.2) is 65.6 Å². The van der Waals surface area contributed by atoms with E-state index in [0.717, 1.165) is 16.0 Å². The topological polar surface area (TPSA) is 66.8 Å². The summed E-state index contributed by atoms with van der Waals surface area (Å²) < 4.78 is 5.49. The molecule has 1 atom stereocenters. The van der Waals surface area contributed by atoms with Crippen LogP contribution in [-0.2, 0) is 9.59 Å². The molecule has 31 heavy (non-hydrogen) atoms. The lowest BCUT2D eigenvalue weighted by Crippen LogP contribution is -2.29. The van der Waals surface area contributed by atoms with Gasteiger partial charge >= 0.3 is 0 Å². The molecule has 0 spiro atoms. The molecule has 3 aromatic rings. The molecule has 4 rings (SSSR count). The molecule has 5 nitrogen and oxygen atoms in total. The maximum atomic E-state index is 13.1. The smallest absolute Gasteiger partial charge is 0.300 e. The van der Waals surface area contributed by atoms with Gasteiger partial charge in [-0.15, -0.1) is 11.3 Å². The van der Waals surface area contributed by atoms with Crippen LogP contribution in [0.5, 0.6) is 5.75 Å². The van der Waals surface area contributed by atoms with Gasteiger partial charge in [-0.2, -0.15) is 0 Å². The zero-order valence-corrected chi connectivity index (χ0v) is 18.4. The van der Waals surface area contributed by atoms with E-state index in [1.54, 1.807) is 24.3 Å². The first-order valence-corrected chi connectivity index (χ1v) is 10.9. The summed E-state index contributed by atoms with van der Waals surface area (Å²) >= 11 is 1.44. The fraction of sp³-hybridized carbons (Fsp3) is 0.200. The molecular formula is C25H23NO4S. The Labute approximate surface area is 185 Å². The van der Waals surface area contributed by atoms with Crippen molar-refractivity contribution in [3.05, 3.63) is 87.1 Å². The number of aliphatic hydroxyl groups excluding tert-OH is 1. The third-order valence-electron chi connectivity index (χ3n) is 5.33. The number of aryl methyl sites for hydroxylation is 2. The highest BCUT2D eigenvalue weighted by molar-refractivity contribution is 7.10. The van der Waals surface area contributed by atoms with Gasteiger partial charge in [0, 0.05) is 16.1 Å². The first kappa shape index (κ1) is 20.9. The van der Waals surface area contributed by atoms with E-state index in [9.17, 15) is 14.7 Å². The minimum Gasteiger partial charge on any atom is -0.507 e. The van der Waals surface area contributed by atoms with E-state index in [4.69, 9.17) is 4.74 Å². The zero-order chi connectivity index (χ0) is 22.1. The maximum absolute atomic E-state index is 13.1. The number of amides is 1. The number of Topliss-reactive ketones (excluding diaryl/α,β-unsaturated/α-hetero) is 1. The van der Waals surface area contributed by atoms with Gasteiger partial charge in [0.05, 0.1) is 12.2 Å². The molecule has 0 aliphatic carbocycles. The van der Waals surface area contributed by atoms with Crippen LogP contribution in [0, 0.1) is 13.8 Å². The normalized spacial score (nSPS) is 17.9. The third-order valence-corrected chi connectivity index (χ3v) is 6.26. The highest BCUT2D eigenvalue weighted by Gasteiger charge is 2.47. The number of benzene rings is 2. The number of ether oxygens (including phenoxy) is 1. The van der Waals surface area contributed by atoms with Crippen molar-refractivity contribution >= 4 is 34.5 Å². The van der Waals surface area contributed by atoms with Gasteiger partial charge in [-0.05, 0) is 68.1 Å². The lowest BCUT2D eigenvalue weighted by Gasteiger charge is -2.24. The molecule has 1 aromatic heterocycles. The Kier molecular flexibility index (Phi) is 5.65. The SMILES string of the molecule is CCOc1ccc(N2C(=O)C(=O)/C(=C(\O)c3cc(C)ccc3C)C2c2cccs2)cc1. The first-order valence-electron chi connectivity index (χ1n) is 10.1. The fourth-order valence-electron chi connectivity index (χ4n) is 3.82. The number of carbonyl (C=O) groups excluding carboxylic acids is 2. The quantitative estimate of drug-likeness (QED) is 0.333. The summed E-state index contributed by atoms with van der Waals surface area (Å²) in [6, 6.07) is 15.8. The fourth-order valence-corrected chi connectivity index (χ4v) is 4.64. The summed E-state index contributed by atoms with van der Waals surface area (Å²) in [6.45, 7) is 6.23. The van der Waals surface area contributed by atoms with Crippen molar-refractivity contribution in [2.45, 2.75) is 26.8 Å². The average Bonchev–Trinajstić information content (AvgIpc) is 3.37. The van der Waals surface area contributed by atoms with Crippen LogP contribution in [0.25, 0.3) is 5.76 Å². The molecule has 0 bridgehead atoms. The predicted molar refractivity (Wildman–Crippen MR) is 123 cm³/mol. The molecule has 2 aromatic carbocycles. The lowest BCUT2D eigenvalue weighted by molar-refractivity contribution is -0.132. The molecule has 1 saturated heterocycles. The van der Waals surface area contributed by atoms with Crippen molar-refractivity contribution < 1.29 is 19.4 Å². The maximum Gasteiger partial charge on any atom is 0.300 e. The van der Waals surface area contributed by atoms with Crippen molar-refractivity contribution in [2.75, 3.05) is 11.5 Å². The number of thiophene rings is 1. The molecule has 1 fully saturated rings. The monoisotopic (exact) mass is 433 g/mol. The van der Waals surface area contributed by atoms with Crippen LogP contribution in [0.4, 0.5) is 5.69 Å². The lowest BCUT2D eigenvalue weighted by atomic mass is 9.96. The molecule has 2 heterocycles. The molecule has 1 aliphatic rings.